The van der Waals surface area contributed by atoms with Gasteiger partial charge in [0, 0.05) is 0 Å². The minimum atomic E-state index is -0.133. The van der Waals surface area contributed by atoms with Crippen LogP contribution in [0.25, 0.3) is 0 Å². The molecule has 0 amide bonds. The van der Waals surface area contributed by atoms with Crippen molar-refractivity contribution in [3.63, 3.8) is 0 Å². The molecule has 6 heteroatoms. The zero-order valence-corrected chi connectivity index (χ0v) is 51.2. The minimum absolute atomic E-state index is 0.0789. The summed E-state index contributed by atoms with van der Waals surface area (Å²) in [5.41, 5.74) is 13.2. The van der Waals surface area contributed by atoms with Gasteiger partial charge in [-0.2, -0.15) is 0 Å². The predicted molar refractivity (Wildman–Crippen MR) is 312 cm³/mol. The van der Waals surface area contributed by atoms with Crippen molar-refractivity contribution in [2.24, 2.45) is 10.8 Å². The Labute approximate surface area is 444 Å². The van der Waals surface area contributed by atoms with E-state index >= 15 is 0 Å². The lowest BCUT2D eigenvalue weighted by molar-refractivity contribution is -0.0536. The Hall–Kier alpha value is -4.00. The SMILES string of the molecule is CCCOc1cc(C)c(C(C)C(C)(C)C)cc1C.CCCOc1cc(C)c(C(C)OC(C)(C)C)cc1C.CCCOc1ccc(C)c(C(C)C(C)(C)C)c1.CCCOc1ccc(C)c(C(C)OC(C)(C)C)c1. The van der Waals surface area contributed by atoms with E-state index in [4.69, 9.17) is 28.4 Å². The van der Waals surface area contributed by atoms with E-state index in [-0.39, 0.29) is 28.8 Å². The smallest absolute Gasteiger partial charge is 0.122 e. The first-order valence-corrected chi connectivity index (χ1v) is 27.5. The lowest BCUT2D eigenvalue weighted by atomic mass is 9.76. The average molecular weight is 998 g/mol. The number of aryl methyl sites for hydroxylation is 6. The minimum Gasteiger partial charge on any atom is -0.494 e. The Bertz CT molecular complexity index is 2170. The molecule has 0 aliphatic rings. The van der Waals surface area contributed by atoms with E-state index in [0.717, 1.165) is 75.1 Å². The first-order chi connectivity index (χ1) is 33.2. The second kappa shape index (κ2) is 30.4. The van der Waals surface area contributed by atoms with Gasteiger partial charge >= 0.3 is 0 Å². The molecule has 6 nitrogen and oxygen atoms in total. The van der Waals surface area contributed by atoms with Gasteiger partial charge in [0.05, 0.1) is 49.8 Å². The van der Waals surface area contributed by atoms with Crippen molar-refractivity contribution in [2.75, 3.05) is 26.4 Å². The summed E-state index contributed by atoms with van der Waals surface area (Å²) in [6.45, 7) is 59.6. The highest BCUT2D eigenvalue weighted by Crippen LogP contribution is 2.39. The number of rotatable bonds is 18. The van der Waals surface area contributed by atoms with Crippen LogP contribution in [0.1, 0.15) is 244 Å². The number of hydrogen-bond acceptors (Lipinski definition) is 6. The molecular weight excluding hydrogens is 889 g/mol. The number of hydrogen-bond donors (Lipinski definition) is 0. The highest BCUT2D eigenvalue weighted by Gasteiger charge is 2.25. The fourth-order valence-corrected chi connectivity index (χ4v) is 8.15. The number of ether oxygens (including phenoxy) is 6. The molecule has 0 fully saturated rings. The molecule has 0 spiro atoms. The van der Waals surface area contributed by atoms with E-state index in [0.29, 0.717) is 17.3 Å². The Morgan fingerprint density at radius 3 is 0.986 bits per heavy atom. The fourth-order valence-electron chi connectivity index (χ4n) is 8.15. The van der Waals surface area contributed by atoms with Crippen LogP contribution >= 0.6 is 0 Å². The second-order valence-corrected chi connectivity index (χ2v) is 24.3. The lowest BCUT2D eigenvalue weighted by Crippen LogP contribution is -2.21. The van der Waals surface area contributed by atoms with Crippen molar-refractivity contribution in [1.82, 2.24) is 0 Å². The van der Waals surface area contributed by atoms with E-state index in [2.05, 4.69) is 235 Å². The van der Waals surface area contributed by atoms with Crippen molar-refractivity contribution >= 4 is 0 Å². The zero-order chi connectivity index (χ0) is 55.4. The first-order valence-electron chi connectivity index (χ1n) is 27.5. The van der Waals surface area contributed by atoms with Crippen LogP contribution in [0.2, 0.25) is 0 Å². The van der Waals surface area contributed by atoms with Crippen LogP contribution in [0.15, 0.2) is 60.7 Å². The summed E-state index contributed by atoms with van der Waals surface area (Å²) in [6, 6.07) is 21.5. The first kappa shape index (κ1) is 66.0. The Kier molecular flexibility index (Phi) is 27.9. The molecular formula is C66H108O6. The van der Waals surface area contributed by atoms with Crippen LogP contribution in [0.3, 0.4) is 0 Å². The van der Waals surface area contributed by atoms with Crippen molar-refractivity contribution < 1.29 is 28.4 Å². The van der Waals surface area contributed by atoms with Gasteiger partial charge in [0.15, 0.2) is 0 Å². The molecule has 0 bridgehead atoms. The number of benzene rings is 4. The molecule has 0 saturated heterocycles. The van der Waals surface area contributed by atoms with E-state index < -0.39 is 0 Å². The quantitative estimate of drug-likeness (QED) is 0.0990. The van der Waals surface area contributed by atoms with Crippen LogP contribution in [0.5, 0.6) is 23.0 Å². The van der Waals surface area contributed by atoms with Crippen molar-refractivity contribution in [3.8, 4) is 23.0 Å². The topological polar surface area (TPSA) is 55.4 Å². The predicted octanol–water partition coefficient (Wildman–Crippen LogP) is 19.8. The summed E-state index contributed by atoms with van der Waals surface area (Å²) in [6.07, 6.45) is 4.34. The van der Waals surface area contributed by atoms with Gasteiger partial charge in [0.1, 0.15) is 23.0 Å². The Morgan fingerprint density at radius 2 is 0.639 bits per heavy atom. The third-order valence-corrected chi connectivity index (χ3v) is 13.0. The van der Waals surface area contributed by atoms with Gasteiger partial charge in [-0.1, -0.05) is 101 Å². The Morgan fingerprint density at radius 1 is 0.347 bits per heavy atom. The summed E-state index contributed by atoms with van der Waals surface area (Å²) >= 11 is 0. The van der Waals surface area contributed by atoms with Crippen LogP contribution in [0.4, 0.5) is 0 Å². The summed E-state index contributed by atoms with van der Waals surface area (Å²) < 4.78 is 35.0. The Balaban J connectivity index is 0.000000480. The van der Waals surface area contributed by atoms with Gasteiger partial charge in [-0.05, 0) is 243 Å². The maximum absolute atomic E-state index is 6.04. The standard InChI is InChI=1S/C17H28O2.C17H28O.C16H26O2.C16H26O/c1-8-9-18-16-11-12(2)15(10-13(16)3)14(4)19-17(5,6)7;1-8-9-18-16-11-12(2)15(10-13(16)3)14(4)17(5,6)7;1-7-10-17-14-9-8-12(2)15(11-14)13(3)18-16(4,5)6;1-7-10-17-14-9-8-12(2)15(11-14)13(3)16(4,5)6/h10-11,14H,8-9H2,1-7H3;10-11,14H,8-9H2,1-7H3;8-9,11,13H,7,10H2,1-6H3;8-9,11,13H,7,10H2,1-6H3. The summed E-state index contributed by atoms with van der Waals surface area (Å²) in [7, 11) is 0. The van der Waals surface area contributed by atoms with Gasteiger partial charge in [0.2, 0.25) is 0 Å². The molecule has 0 radical (unpaired) electrons. The summed E-state index contributed by atoms with van der Waals surface area (Å²) in [5, 5.41) is 0. The van der Waals surface area contributed by atoms with Gasteiger partial charge in [0.25, 0.3) is 0 Å². The summed E-state index contributed by atoms with van der Waals surface area (Å²) in [5.74, 6) is 5.06. The molecule has 0 aliphatic heterocycles. The van der Waals surface area contributed by atoms with Gasteiger partial charge < -0.3 is 28.4 Å². The van der Waals surface area contributed by atoms with Crippen molar-refractivity contribution in [3.05, 3.63) is 116 Å². The van der Waals surface area contributed by atoms with E-state index in [1.54, 1.807) is 0 Å². The molecule has 4 unspecified atom stereocenters. The van der Waals surface area contributed by atoms with Gasteiger partial charge in [-0.25, -0.2) is 0 Å². The van der Waals surface area contributed by atoms with E-state index in [1.807, 2.05) is 6.07 Å². The van der Waals surface area contributed by atoms with Crippen molar-refractivity contribution in [2.45, 2.75) is 241 Å². The maximum atomic E-state index is 6.04. The fraction of sp³-hybridized carbons (Fsp3) is 0.636. The molecule has 72 heavy (non-hydrogen) atoms. The third-order valence-electron chi connectivity index (χ3n) is 13.0. The molecule has 0 N–H and O–H groups in total. The maximum Gasteiger partial charge on any atom is 0.122 e. The molecule has 4 atom stereocenters. The van der Waals surface area contributed by atoms with Crippen molar-refractivity contribution in [1.29, 1.82) is 0 Å². The summed E-state index contributed by atoms with van der Waals surface area (Å²) in [4.78, 5) is 0. The molecule has 4 rings (SSSR count). The van der Waals surface area contributed by atoms with Gasteiger partial charge in [-0.15, -0.1) is 0 Å². The van der Waals surface area contributed by atoms with Crippen LogP contribution in [-0.2, 0) is 9.47 Å². The lowest BCUT2D eigenvalue weighted by Gasteiger charge is -2.29. The zero-order valence-electron chi connectivity index (χ0n) is 51.2. The van der Waals surface area contributed by atoms with E-state index in [9.17, 15) is 0 Å². The second-order valence-electron chi connectivity index (χ2n) is 24.3. The van der Waals surface area contributed by atoms with Crippen LogP contribution < -0.4 is 18.9 Å². The highest BCUT2D eigenvalue weighted by atomic mass is 16.5. The molecule has 0 saturated carbocycles. The molecule has 0 aromatic heterocycles. The molecule has 0 heterocycles. The molecule has 4 aromatic rings. The highest BCUT2D eigenvalue weighted by molar-refractivity contribution is 5.44. The van der Waals surface area contributed by atoms with Crippen LogP contribution in [-0.4, -0.2) is 37.6 Å². The van der Waals surface area contributed by atoms with Crippen LogP contribution in [0, 0.1) is 52.4 Å². The molecule has 408 valence electrons. The van der Waals surface area contributed by atoms with E-state index in [1.165, 1.54) is 55.6 Å². The monoisotopic (exact) mass is 997 g/mol. The van der Waals surface area contributed by atoms with Gasteiger partial charge in [-0.3, -0.25) is 0 Å². The molecule has 4 aromatic carbocycles. The largest absolute Gasteiger partial charge is 0.494 e. The normalized spacial score (nSPS) is 13.5. The molecule has 0 aliphatic carbocycles. The average Bonchev–Trinajstić information content (AvgIpc) is 3.27. The third kappa shape index (κ3) is 23.9.